The first-order valence-corrected chi connectivity index (χ1v) is 7.28. The van der Waals surface area contributed by atoms with E-state index in [0.717, 1.165) is 0 Å². The maximum Gasteiger partial charge on any atom is 0.326 e. The quantitative estimate of drug-likeness (QED) is 0.736. The molecule has 8 heteroatoms. The Bertz CT molecular complexity index is 536. The molecule has 0 aliphatic heterocycles. The first kappa shape index (κ1) is 17.9. The van der Waals surface area contributed by atoms with E-state index >= 15 is 0 Å². The zero-order valence-corrected chi connectivity index (χ0v) is 13.4. The maximum absolute atomic E-state index is 11.7. The van der Waals surface area contributed by atoms with Gasteiger partial charge in [0.05, 0.1) is 15.1 Å². The fraction of sp³-hybridized carbons (Fsp3) is 0.385. The molecule has 0 fully saturated rings. The second kappa shape index (κ2) is 8.32. The summed E-state index contributed by atoms with van der Waals surface area (Å²) in [6.45, 7) is 1.46. The minimum atomic E-state index is -1.09. The summed E-state index contributed by atoms with van der Waals surface area (Å²) in [5.74, 6) is -1.45. The van der Waals surface area contributed by atoms with E-state index in [1.54, 1.807) is 0 Å². The van der Waals surface area contributed by atoms with Crippen LogP contribution in [0.3, 0.4) is 0 Å². The lowest BCUT2D eigenvalue weighted by Crippen LogP contribution is -2.42. The van der Waals surface area contributed by atoms with Gasteiger partial charge in [-0.3, -0.25) is 4.79 Å². The minimum Gasteiger partial charge on any atom is -0.482 e. The monoisotopic (exact) mass is 353 g/mol. The number of rotatable bonds is 7. The normalized spacial score (nSPS) is 11.8. The molecule has 1 atom stereocenters. The van der Waals surface area contributed by atoms with Crippen molar-refractivity contribution in [1.82, 2.24) is 5.32 Å². The average molecular weight is 355 g/mol. The van der Waals surface area contributed by atoms with Crippen LogP contribution >= 0.6 is 34.8 Å². The van der Waals surface area contributed by atoms with Crippen LogP contribution in [0.2, 0.25) is 15.1 Å². The number of carbonyl (C=O) groups excluding carboxylic acids is 1. The number of ether oxygens (including phenoxy) is 1. The molecule has 0 spiro atoms. The highest BCUT2D eigenvalue weighted by Gasteiger charge is 2.19. The second-order valence-electron chi connectivity index (χ2n) is 4.23. The summed E-state index contributed by atoms with van der Waals surface area (Å²) in [4.78, 5) is 22.6. The maximum atomic E-state index is 11.7. The van der Waals surface area contributed by atoms with Crippen LogP contribution in [0.15, 0.2) is 12.1 Å². The molecular weight excluding hydrogens is 341 g/mol. The smallest absolute Gasteiger partial charge is 0.326 e. The lowest BCUT2D eigenvalue weighted by molar-refractivity contribution is -0.142. The summed E-state index contributed by atoms with van der Waals surface area (Å²) in [7, 11) is 0. The molecule has 2 N–H and O–H groups in total. The fourth-order valence-electron chi connectivity index (χ4n) is 1.54. The molecule has 0 aliphatic carbocycles. The molecule has 0 bridgehead atoms. The Kier molecular flexibility index (Phi) is 7.08. The number of aliphatic carboxylic acids is 1. The molecule has 1 unspecified atom stereocenters. The summed E-state index contributed by atoms with van der Waals surface area (Å²) in [5, 5.41) is 12.0. The van der Waals surface area contributed by atoms with Gasteiger partial charge in [-0.1, -0.05) is 48.1 Å². The zero-order valence-electron chi connectivity index (χ0n) is 11.2. The third-order valence-corrected chi connectivity index (χ3v) is 3.56. The number of hydrogen-bond acceptors (Lipinski definition) is 3. The Hall–Kier alpha value is -1.17. The number of carbonyl (C=O) groups is 2. The summed E-state index contributed by atoms with van der Waals surface area (Å²) < 4.78 is 5.21. The molecule has 0 saturated carbocycles. The minimum absolute atomic E-state index is 0.198. The van der Waals surface area contributed by atoms with Crippen LogP contribution in [0.1, 0.15) is 19.8 Å². The van der Waals surface area contributed by atoms with Gasteiger partial charge in [-0.2, -0.15) is 0 Å². The van der Waals surface area contributed by atoms with E-state index in [0.29, 0.717) is 12.8 Å². The van der Waals surface area contributed by atoms with Crippen molar-refractivity contribution in [2.24, 2.45) is 0 Å². The van der Waals surface area contributed by atoms with E-state index in [2.05, 4.69) is 5.32 Å². The summed E-state index contributed by atoms with van der Waals surface area (Å²) >= 11 is 17.5. The Morgan fingerprint density at radius 2 is 1.86 bits per heavy atom. The molecule has 0 aromatic heterocycles. The molecule has 0 saturated heterocycles. The van der Waals surface area contributed by atoms with Crippen molar-refractivity contribution in [3.63, 3.8) is 0 Å². The van der Waals surface area contributed by atoms with Crippen molar-refractivity contribution in [2.75, 3.05) is 6.61 Å². The van der Waals surface area contributed by atoms with Crippen molar-refractivity contribution in [3.8, 4) is 5.75 Å². The molecule has 1 rings (SSSR count). The Balaban J connectivity index is 2.60. The Morgan fingerprint density at radius 1 is 1.24 bits per heavy atom. The molecule has 5 nitrogen and oxygen atoms in total. The van der Waals surface area contributed by atoms with Crippen molar-refractivity contribution in [1.29, 1.82) is 0 Å². The number of amides is 1. The van der Waals surface area contributed by atoms with Crippen LogP contribution in [0.25, 0.3) is 0 Å². The number of carboxylic acid groups (broad SMARTS) is 1. The largest absolute Gasteiger partial charge is 0.482 e. The molecule has 1 aromatic carbocycles. The van der Waals surface area contributed by atoms with E-state index in [-0.39, 0.29) is 27.4 Å². The Labute approximate surface area is 137 Å². The third kappa shape index (κ3) is 5.61. The number of benzene rings is 1. The fourth-order valence-corrected chi connectivity index (χ4v) is 2.13. The molecule has 0 aliphatic rings. The SMILES string of the molecule is CCCC(NC(=O)COc1cc(Cl)c(Cl)cc1Cl)C(=O)O. The third-order valence-electron chi connectivity index (χ3n) is 2.54. The number of hydrogen-bond donors (Lipinski definition) is 2. The van der Waals surface area contributed by atoms with E-state index in [1.165, 1.54) is 12.1 Å². The van der Waals surface area contributed by atoms with Crippen LogP contribution in [0.4, 0.5) is 0 Å². The highest BCUT2D eigenvalue weighted by atomic mass is 35.5. The van der Waals surface area contributed by atoms with Crippen LogP contribution in [0, 0.1) is 0 Å². The average Bonchev–Trinajstić information content (AvgIpc) is 2.40. The van der Waals surface area contributed by atoms with Gasteiger partial charge in [0, 0.05) is 6.07 Å². The Morgan fingerprint density at radius 3 is 2.43 bits per heavy atom. The molecule has 21 heavy (non-hydrogen) atoms. The van der Waals surface area contributed by atoms with E-state index < -0.39 is 17.9 Å². The first-order chi connectivity index (χ1) is 9.85. The zero-order chi connectivity index (χ0) is 16.0. The van der Waals surface area contributed by atoms with Crippen LogP contribution < -0.4 is 10.1 Å². The topological polar surface area (TPSA) is 75.6 Å². The van der Waals surface area contributed by atoms with Gasteiger partial charge in [0.25, 0.3) is 5.91 Å². The van der Waals surface area contributed by atoms with Gasteiger partial charge >= 0.3 is 5.97 Å². The number of nitrogens with one attached hydrogen (secondary N) is 1. The molecule has 0 radical (unpaired) electrons. The van der Waals surface area contributed by atoms with E-state index in [9.17, 15) is 9.59 Å². The van der Waals surface area contributed by atoms with Crippen LogP contribution in [-0.4, -0.2) is 29.6 Å². The standard InChI is InChI=1S/C13H14Cl3NO4/c1-2-3-10(13(19)20)17-12(18)6-21-11-5-8(15)7(14)4-9(11)16/h4-5,10H,2-3,6H2,1H3,(H,17,18)(H,19,20). The summed E-state index contributed by atoms with van der Waals surface area (Å²) in [6.07, 6.45) is 0.978. The molecular formula is C13H14Cl3NO4. The molecule has 1 amide bonds. The lowest BCUT2D eigenvalue weighted by Gasteiger charge is -2.14. The molecule has 116 valence electrons. The van der Waals surface area contributed by atoms with Crippen molar-refractivity contribution < 1.29 is 19.4 Å². The van der Waals surface area contributed by atoms with Gasteiger partial charge in [-0.25, -0.2) is 4.79 Å². The number of halogens is 3. The van der Waals surface area contributed by atoms with Crippen molar-refractivity contribution in [2.45, 2.75) is 25.8 Å². The van der Waals surface area contributed by atoms with Crippen LogP contribution in [-0.2, 0) is 9.59 Å². The van der Waals surface area contributed by atoms with E-state index in [4.69, 9.17) is 44.6 Å². The summed E-state index contributed by atoms with van der Waals surface area (Å²) in [5.41, 5.74) is 0. The van der Waals surface area contributed by atoms with Crippen molar-refractivity contribution >= 4 is 46.7 Å². The van der Waals surface area contributed by atoms with Gasteiger partial charge in [0.1, 0.15) is 11.8 Å². The molecule has 1 aromatic rings. The van der Waals surface area contributed by atoms with Crippen LogP contribution in [0.5, 0.6) is 5.75 Å². The summed E-state index contributed by atoms with van der Waals surface area (Å²) in [6, 6.07) is 1.85. The first-order valence-electron chi connectivity index (χ1n) is 6.14. The van der Waals surface area contributed by atoms with Gasteiger partial charge in [0.2, 0.25) is 0 Å². The predicted molar refractivity (Wildman–Crippen MR) is 81.4 cm³/mol. The highest BCUT2D eigenvalue weighted by Crippen LogP contribution is 2.33. The van der Waals surface area contributed by atoms with Gasteiger partial charge < -0.3 is 15.2 Å². The van der Waals surface area contributed by atoms with E-state index in [1.807, 2.05) is 6.92 Å². The lowest BCUT2D eigenvalue weighted by atomic mass is 10.2. The second-order valence-corrected chi connectivity index (χ2v) is 5.45. The van der Waals surface area contributed by atoms with Crippen molar-refractivity contribution in [3.05, 3.63) is 27.2 Å². The number of carboxylic acids is 1. The predicted octanol–water partition coefficient (Wildman–Crippen LogP) is 3.40. The van der Waals surface area contributed by atoms with Gasteiger partial charge in [-0.05, 0) is 12.5 Å². The van der Waals surface area contributed by atoms with Gasteiger partial charge in [-0.15, -0.1) is 0 Å². The van der Waals surface area contributed by atoms with Gasteiger partial charge in [0.15, 0.2) is 6.61 Å². The highest BCUT2D eigenvalue weighted by molar-refractivity contribution is 6.43. The molecule has 0 heterocycles.